The van der Waals surface area contributed by atoms with Gasteiger partial charge in [0.2, 0.25) is 0 Å². The zero-order valence-corrected chi connectivity index (χ0v) is 12.6. The summed E-state index contributed by atoms with van der Waals surface area (Å²) in [4.78, 5) is 11.5. The highest BCUT2D eigenvalue weighted by Crippen LogP contribution is 2.17. The van der Waals surface area contributed by atoms with Crippen molar-refractivity contribution in [3.8, 4) is 0 Å². The van der Waals surface area contributed by atoms with Gasteiger partial charge in [-0.05, 0) is 39.2 Å². The van der Waals surface area contributed by atoms with E-state index in [4.69, 9.17) is 8.54 Å². The fourth-order valence-electron chi connectivity index (χ4n) is 1.20. The van der Waals surface area contributed by atoms with Crippen LogP contribution in [0.15, 0.2) is 12.2 Å². The fraction of sp³-hybridized carbons (Fsp3) is 0.700. The van der Waals surface area contributed by atoms with Crippen molar-refractivity contribution in [1.29, 1.82) is 0 Å². The summed E-state index contributed by atoms with van der Waals surface area (Å²) in [7, 11) is -3.98. The maximum Gasteiger partial charge on any atom is 0.385 e. The summed E-state index contributed by atoms with van der Waals surface area (Å²) in [6, 6.07) is 0. The van der Waals surface area contributed by atoms with Gasteiger partial charge in [0, 0.05) is 5.57 Å². The van der Waals surface area contributed by atoms with Crippen LogP contribution in [0.4, 0.5) is 0 Å². The molecule has 0 bridgehead atoms. The molecule has 0 radical (unpaired) electrons. The lowest BCUT2D eigenvalue weighted by atomic mass is 10.2. The molecule has 88 valence electrons. The van der Waals surface area contributed by atoms with E-state index in [2.05, 4.69) is 26.2 Å². The summed E-state index contributed by atoms with van der Waals surface area (Å²) in [5.74, 6) is -0.313. The molecule has 0 aromatic rings. The molecule has 0 aliphatic carbocycles. The number of hydrogen-bond donors (Lipinski definition) is 0. The van der Waals surface area contributed by atoms with E-state index < -0.39 is 16.9 Å². The van der Waals surface area contributed by atoms with E-state index in [0.29, 0.717) is 12.0 Å². The van der Waals surface area contributed by atoms with Crippen molar-refractivity contribution >= 4 is 22.8 Å². The van der Waals surface area contributed by atoms with Crippen LogP contribution in [0.3, 0.4) is 0 Å². The third-order valence-corrected chi connectivity index (χ3v) is 6.70. The van der Waals surface area contributed by atoms with Crippen LogP contribution in [0.25, 0.3) is 0 Å². The van der Waals surface area contributed by atoms with Gasteiger partial charge in [-0.3, -0.25) is 0 Å². The molecule has 5 heteroatoms. The summed E-state index contributed by atoms with van der Waals surface area (Å²) in [6.45, 7) is 15.6. The number of rotatable bonds is 5. The van der Waals surface area contributed by atoms with Crippen molar-refractivity contribution in [2.75, 3.05) is 0 Å². The van der Waals surface area contributed by atoms with E-state index in [-0.39, 0.29) is 5.97 Å². The van der Waals surface area contributed by atoms with Crippen molar-refractivity contribution < 1.29 is 13.3 Å². The fourth-order valence-corrected chi connectivity index (χ4v) is 7.85. The van der Waals surface area contributed by atoms with Crippen LogP contribution in [-0.4, -0.2) is 22.8 Å². The van der Waals surface area contributed by atoms with E-state index in [1.807, 2.05) is 20.0 Å². The highest BCUT2D eigenvalue weighted by Gasteiger charge is 2.35. The Bertz CT molecular complexity index is 254. The zero-order chi connectivity index (χ0) is 12.3. The van der Waals surface area contributed by atoms with Gasteiger partial charge in [-0.15, -0.1) is 0 Å². The molecule has 0 aliphatic heterocycles. The SMILES string of the molecule is C=C(CC)C(=O)O[Si](C)(C)O[Si](C)(C)C. The van der Waals surface area contributed by atoms with Gasteiger partial charge in [0.1, 0.15) is 0 Å². The molecule has 0 fully saturated rings. The van der Waals surface area contributed by atoms with Crippen molar-refractivity contribution in [1.82, 2.24) is 0 Å². The number of carbonyl (C=O) groups is 1. The molecule has 0 aromatic heterocycles. The lowest BCUT2D eigenvalue weighted by Gasteiger charge is -2.30. The Morgan fingerprint density at radius 3 is 2.00 bits per heavy atom. The highest BCUT2D eigenvalue weighted by molar-refractivity contribution is 6.82. The molecular weight excluding hydrogens is 224 g/mol. The molecule has 3 nitrogen and oxygen atoms in total. The van der Waals surface area contributed by atoms with E-state index in [1.54, 1.807) is 0 Å². The summed E-state index contributed by atoms with van der Waals surface area (Å²) in [5, 5.41) is 0. The first-order valence-electron chi connectivity index (χ1n) is 5.18. The molecule has 15 heavy (non-hydrogen) atoms. The van der Waals surface area contributed by atoms with E-state index in [9.17, 15) is 4.79 Å². The van der Waals surface area contributed by atoms with Gasteiger partial charge in [-0.2, -0.15) is 0 Å². The van der Waals surface area contributed by atoms with Crippen LogP contribution in [0.5, 0.6) is 0 Å². The van der Waals surface area contributed by atoms with Crippen LogP contribution in [0.1, 0.15) is 13.3 Å². The Kier molecular flexibility index (Phi) is 4.96. The first-order valence-corrected chi connectivity index (χ1v) is 11.4. The van der Waals surface area contributed by atoms with E-state index >= 15 is 0 Å². The molecule has 0 N–H and O–H groups in total. The molecule has 0 aromatic carbocycles. The normalized spacial score (nSPS) is 12.4. The third kappa shape index (κ3) is 6.64. The minimum Gasteiger partial charge on any atom is -0.492 e. The Morgan fingerprint density at radius 1 is 1.20 bits per heavy atom. The lowest BCUT2D eigenvalue weighted by Crippen LogP contribution is -2.46. The molecule has 0 heterocycles. The average Bonchev–Trinajstić information content (AvgIpc) is 1.96. The number of carbonyl (C=O) groups excluding carboxylic acids is 1. The van der Waals surface area contributed by atoms with Crippen molar-refractivity contribution in [3.05, 3.63) is 12.2 Å². The Balaban J connectivity index is 4.38. The monoisotopic (exact) mass is 246 g/mol. The van der Waals surface area contributed by atoms with Crippen molar-refractivity contribution in [3.63, 3.8) is 0 Å². The topological polar surface area (TPSA) is 35.5 Å². The minimum absolute atomic E-state index is 0.313. The summed E-state index contributed by atoms with van der Waals surface area (Å²) in [5.41, 5.74) is 0.509. The second kappa shape index (κ2) is 5.09. The lowest BCUT2D eigenvalue weighted by molar-refractivity contribution is -0.131. The maximum absolute atomic E-state index is 11.5. The third-order valence-electron chi connectivity index (χ3n) is 1.61. The predicted molar refractivity (Wildman–Crippen MR) is 67.4 cm³/mol. The molecule has 0 spiro atoms. The standard InChI is InChI=1S/C10H22O3Si2/c1-8-9(2)10(11)12-15(6,7)13-14(3,4)5/h2,8H2,1,3-7H3. The van der Waals surface area contributed by atoms with Gasteiger partial charge >= 0.3 is 14.5 Å². The van der Waals surface area contributed by atoms with E-state index in [0.717, 1.165) is 0 Å². The van der Waals surface area contributed by atoms with Crippen LogP contribution in [0.2, 0.25) is 32.7 Å². The van der Waals surface area contributed by atoms with Gasteiger partial charge in [0.15, 0.2) is 8.32 Å². The minimum atomic E-state index is -2.33. The van der Waals surface area contributed by atoms with Crippen LogP contribution in [0, 0.1) is 0 Å². The second-order valence-corrected chi connectivity index (χ2v) is 13.0. The zero-order valence-electron chi connectivity index (χ0n) is 10.6. The molecule has 0 atom stereocenters. The van der Waals surface area contributed by atoms with Crippen molar-refractivity contribution in [2.45, 2.75) is 46.1 Å². The van der Waals surface area contributed by atoms with Crippen LogP contribution >= 0.6 is 0 Å². The maximum atomic E-state index is 11.5. The molecule has 0 aliphatic rings. The Hall–Kier alpha value is -0.396. The number of hydrogen-bond acceptors (Lipinski definition) is 3. The molecule has 0 saturated carbocycles. The average molecular weight is 246 g/mol. The summed E-state index contributed by atoms with van der Waals surface area (Å²) in [6.07, 6.45) is 0.621. The van der Waals surface area contributed by atoms with E-state index in [1.165, 1.54) is 0 Å². The first-order chi connectivity index (χ1) is 6.57. The molecular formula is C10H22O3Si2. The smallest absolute Gasteiger partial charge is 0.385 e. The van der Waals surface area contributed by atoms with Crippen molar-refractivity contribution in [2.24, 2.45) is 0 Å². The summed E-state index contributed by atoms with van der Waals surface area (Å²) >= 11 is 0. The molecule has 0 rings (SSSR count). The highest BCUT2D eigenvalue weighted by atomic mass is 28.4. The largest absolute Gasteiger partial charge is 0.492 e. The van der Waals surface area contributed by atoms with Crippen LogP contribution in [-0.2, 0) is 13.3 Å². The molecule has 0 saturated heterocycles. The van der Waals surface area contributed by atoms with Crippen LogP contribution < -0.4 is 0 Å². The Morgan fingerprint density at radius 2 is 1.67 bits per heavy atom. The molecule has 0 amide bonds. The first kappa shape index (κ1) is 14.6. The second-order valence-electron chi connectivity index (χ2n) is 4.96. The van der Waals surface area contributed by atoms with Gasteiger partial charge in [0.05, 0.1) is 0 Å². The van der Waals surface area contributed by atoms with Gasteiger partial charge in [0.25, 0.3) is 0 Å². The quantitative estimate of drug-likeness (QED) is 0.552. The molecule has 0 unspecified atom stereocenters. The van der Waals surface area contributed by atoms with Gasteiger partial charge in [-0.25, -0.2) is 4.79 Å². The van der Waals surface area contributed by atoms with Gasteiger partial charge < -0.3 is 8.54 Å². The predicted octanol–water partition coefficient (Wildman–Crippen LogP) is 3.05. The van der Waals surface area contributed by atoms with Gasteiger partial charge in [-0.1, -0.05) is 13.5 Å². The summed E-state index contributed by atoms with van der Waals surface area (Å²) < 4.78 is 11.3. The Labute approximate surface area is 94.9 Å².